The van der Waals surface area contributed by atoms with Crippen molar-refractivity contribution in [1.29, 1.82) is 0 Å². The molecule has 4 saturated carbocycles. The first-order valence-corrected chi connectivity index (χ1v) is 45.8. The van der Waals surface area contributed by atoms with Crippen molar-refractivity contribution in [3.05, 3.63) is 11.6 Å². The van der Waals surface area contributed by atoms with Gasteiger partial charge in [0.05, 0.1) is 87.4 Å². The summed E-state index contributed by atoms with van der Waals surface area (Å²) in [5.74, 6) is -6.11. The maximum atomic E-state index is 16.6. The first-order valence-electron chi connectivity index (χ1n) is 45.8. The van der Waals surface area contributed by atoms with Crippen LogP contribution in [0.4, 0.5) is 0 Å². The number of esters is 3. The van der Waals surface area contributed by atoms with E-state index in [1.165, 1.54) is 13.8 Å². The molecule has 746 valence electrons. The number of allylic oxidation sites excluding steroid dienone is 2. The molecule has 7 saturated heterocycles. The van der Waals surface area contributed by atoms with Gasteiger partial charge in [-0.15, -0.1) is 0 Å². The number of fused-ring (bicyclic) bond motifs is 7. The Labute approximate surface area is 753 Å². The average Bonchev–Trinajstić information content (AvgIpc) is 0.706. The number of carbonyl (C=O) groups excluding carboxylic acids is 4. The first-order chi connectivity index (χ1) is 60.9. The molecular formula is C88H142O42. The van der Waals surface area contributed by atoms with Gasteiger partial charge in [-0.1, -0.05) is 101 Å². The minimum absolute atomic E-state index is 0.00351. The summed E-state index contributed by atoms with van der Waals surface area (Å²) in [4.78, 5) is 71.0. The number of aliphatic hydroxyl groups excluding tert-OH is 20. The van der Waals surface area contributed by atoms with E-state index in [2.05, 4.69) is 26.8 Å². The summed E-state index contributed by atoms with van der Waals surface area (Å²) in [7, 11) is 0. The van der Waals surface area contributed by atoms with E-state index in [1.54, 1.807) is 27.7 Å². The second-order valence-electron chi connectivity index (χ2n) is 40.7. The van der Waals surface area contributed by atoms with Gasteiger partial charge in [-0.25, -0.2) is 4.79 Å². The SMILES string of the molecule is CC[C@H](C)C(C[C@@H](O)CC(=O)O[C@@H]1[C@H](O)[C@@H](O[C@@H]2O[C@@H](C)[C@H](O[C@@H]3OC[C@@H](O)[C@H](O[C@@H]4OC[C@@H](O)[C@H](O)C4O)C3O)C(O[C@H]3O[C@@H](CO)[C@H](O)[C@@H](O)[C@@H]3O)[C@H]2O)[C@H](OC(=O)[C@]23CCC(C)(C)C[C@@]2(C)C2=CCC4[C@@]5(C)CC[C@H](O[C@@H]6O[C@H](C(=O)O)[C@@H](O)[C@H](O)[C@H]6O)[C@@](C)(C=O)C5CC[C@@]4(C)[C@]2(C)C[C@H]3O)O[C@@H]1C)OC(=O)C[C@H](O)CC(O[C@H]1O[C@H](CO)[C@@H](O)[C@@H]1O)[C@@H](C)CC. The Kier molecular flexibility index (Phi) is 33.2. The van der Waals surface area contributed by atoms with E-state index in [1.807, 2.05) is 27.7 Å². The summed E-state index contributed by atoms with van der Waals surface area (Å²) in [5.41, 5.74) is -6.44. The number of carboxylic acid groups (broad SMARTS) is 1. The number of carboxylic acids is 1. The molecule has 7 aliphatic heterocycles. The average molecular weight is 1870 g/mol. The van der Waals surface area contributed by atoms with Crippen LogP contribution in [0.25, 0.3) is 0 Å². The molecule has 0 aromatic heterocycles. The van der Waals surface area contributed by atoms with Crippen LogP contribution in [-0.2, 0) is 99.8 Å². The Bertz CT molecular complexity index is 3850. The third-order valence-electron chi connectivity index (χ3n) is 32.0. The van der Waals surface area contributed by atoms with E-state index in [0.717, 1.165) is 11.9 Å². The second kappa shape index (κ2) is 41.2. The molecule has 0 radical (unpaired) electrons. The molecule has 130 heavy (non-hydrogen) atoms. The molecular weight excluding hydrogens is 1730 g/mol. The Balaban J connectivity index is 0.835. The van der Waals surface area contributed by atoms with Crippen LogP contribution in [0.5, 0.6) is 0 Å². The number of aliphatic hydroxyl groups is 20. The van der Waals surface area contributed by atoms with Crippen molar-refractivity contribution < 1.29 is 207 Å². The number of hydrogen-bond acceptors (Lipinski definition) is 41. The minimum atomic E-state index is -2.35. The fraction of sp³-hybridized carbons (Fsp3) is 0.920. The van der Waals surface area contributed by atoms with Gasteiger partial charge >= 0.3 is 23.9 Å². The van der Waals surface area contributed by atoms with Gasteiger partial charge in [0.15, 0.2) is 56.1 Å². The van der Waals surface area contributed by atoms with Gasteiger partial charge in [-0.05, 0) is 117 Å². The molecule has 42 heteroatoms. The highest BCUT2D eigenvalue weighted by Crippen LogP contribution is 2.79. The predicted octanol–water partition coefficient (Wildman–Crippen LogP) is -3.76. The smallest absolute Gasteiger partial charge is 0.335 e. The summed E-state index contributed by atoms with van der Waals surface area (Å²) in [6, 6.07) is 0. The molecule has 5 aliphatic carbocycles. The molecule has 11 fully saturated rings. The van der Waals surface area contributed by atoms with Crippen LogP contribution < -0.4 is 0 Å². The van der Waals surface area contributed by atoms with Gasteiger partial charge in [0, 0.05) is 18.3 Å². The van der Waals surface area contributed by atoms with E-state index in [-0.39, 0.29) is 50.4 Å². The number of carbonyl (C=O) groups is 5. The molecule has 48 atom stereocenters. The summed E-state index contributed by atoms with van der Waals surface area (Å²) >= 11 is 0. The van der Waals surface area contributed by atoms with Crippen molar-refractivity contribution in [2.45, 2.75) is 420 Å². The number of rotatable bonds is 32. The highest BCUT2D eigenvalue weighted by molar-refractivity contribution is 5.81. The van der Waals surface area contributed by atoms with Crippen molar-refractivity contribution >= 4 is 30.2 Å². The van der Waals surface area contributed by atoms with Crippen molar-refractivity contribution in [2.75, 3.05) is 26.4 Å². The molecule has 42 nitrogen and oxygen atoms in total. The van der Waals surface area contributed by atoms with Gasteiger partial charge in [-0.3, -0.25) is 14.4 Å². The molecule has 21 N–H and O–H groups in total. The molecule has 12 aliphatic rings. The van der Waals surface area contributed by atoms with Gasteiger partial charge < -0.3 is 188 Å². The maximum Gasteiger partial charge on any atom is 0.335 e. The lowest BCUT2D eigenvalue weighted by atomic mass is 9.31. The van der Waals surface area contributed by atoms with Gasteiger partial charge in [-0.2, -0.15) is 0 Å². The first kappa shape index (κ1) is 105. The number of aldehydes is 1. The van der Waals surface area contributed by atoms with Crippen LogP contribution in [0.15, 0.2) is 11.6 Å². The zero-order chi connectivity index (χ0) is 95.8. The molecule has 12 rings (SSSR count). The van der Waals surface area contributed by atoms with E-state index in [0.29, 0.717) is 44.9 Å². The van der Waals surface area contributed by atoms with Crippen LogP contribution in [-0.4, -0.2) is 397 Å². The van der Waals surface area contributed by atoms with Crippen molar-refractivity contribution in [1.82, 2.24) is 0 Å². The van der Waals surface area contributed by atoms with Gasteiger partial charge in [0.1, 0.15) is 140 Å². The summed E-state index contributed by atoms with van der Waals surface area (Å²) in [5, 5.41) is 234. The predicted molar refractivity (Wildman–Crippen MR) is 436 cm³/mol. The molecule has 0 aromatic carbocycles. The number of ether oxygens (including phenoxy) is 16. The molecule has 0 amide bonds. The van der Waals surface area contributed by atoms with Crippen molar-refractivity contribution in [2.24, 2.45) is 61.6 Å². The Morgan fingerprint density at radius 1 is 0.500 bits per heavy atom. The third kappa shape index (κ3) is 19.8. The summed E-state index contributed by atoms with van der Waals surface area (Å²) in [6.45, 7) is 21.1. The fourth-order valence-corrected chi connectivity index (χ4v) is 23.8. The van der Waals surface area contributed by atoms with E-state index in [9.17, 15) is 126 Å². The third-order valence-corrected chi connectivity index (χ3v) is 32.0. The fourth-order valence-electron chi connectivity index (χ4n) is 23.8. The maximum absolute atomic E-state index is 16.6. The monoisotopic (exact) mass is 1870 g/mol. The van der Waals surface area contributed by atoms with E-state index >= 15 is 4.79 Å². The highest BCUT2D eigenvalue weighted by atomic mass is 16.8. The van der Waals surface area contributed by atoms with Crippen LogP contribution in [0.2, 0.25) is 0 Å². The Hall–Kier alpha value is -4.03. The molecule has 0 spiro atoms. The highest BCUT2D eigenvalue weighted by Gasteiger charge is 2.76. The van der Waals surface area contributed by atoms with Crippen molar-refractivity contribution in [3.63, 3.8) is 0 Å². The van der Waals surface area contributed by atoms with Crippen LogP contribution in [0.3, 0.4) is 0 Å². The minimum Gasteiger partial charge on any atom is -0.479 e. The summed E-state index contributed by atoms with van der Waals surface area (Å²) < 4.78 is 97.1. The standard InChI is InChI=1S/C88H142O42/c1-14-35(3)43(119-52(97)26-40(93)25-44(36(4)15-2)120-76-61(106)56(101)46(30-90)121-76)24-39(92)27-53(98)124-67-37(5)118-80(72(64(67)109)129-79-66(111)70(127-77-62(107)57(102)55(100)45(29-89)122-77)68(38(6)117-79)125-75-65(110)69(42(95)32-116-75)126-74-60(105)54(99)41(94)31-115-74)130-81(114)88-23-22-82(7,8)33-87(88,13)49-17-16-48-83(9)20-19-51(123-78-63(108)58(103)59(104)71(128-78)73(112)113)84(10,34-91)47(83)18-21-85(48,11)86(49,12)28-50(88)96/h17,34-48,50-51,54-72,74-80,89-90,92-96,99-111H,14-16,18-33H2,1-13H3,(H,112,113)/t35-,36-,37+,38-,39+,40+,41+,42+,43?,44?,45-,46+,47?,48?,50+,51-,54-,55-,56+,57+,58-,59-,60?,61-,62-,63+,64-,65?,66+,67-,68-,69-,70?,71-,72+,74-,75-,76-,77+,78+,79-,80-,83-,84-,85+,86+,87-,88+/m0/s1. The lowest BCUT2D eigenvalue weighted by Crippen LogP contribution is -2.71. The van der Waals surface area contributed by atoms with E-state index in [4.69, 9.17) is 75.8 Å². The lowest BCUT2D eigenvalue weighted by molar-refractivity contribution is -0.397. The van der Waals surface area contributed by atoms with Crippen LogP contribution in [0, 0.1) is 61.6 Å². The zero-order valence-corrected chi connectivity index (χ0v) is 75.8. The van der Waals surface area contributed by atoms with Gasteiger partial charge in [0.2, 0.25) is 6.29 Å². The normalized spacial score (nSPS) is 48.7. The molecule has 7 heterocycles. The largest absolute Gasteiger partial charge is 0.479 e. The second-order valence-corrected chi connectivity index (χ2v) is 40.7. The van der Waals surface area contributed by atoms with Crippen molar-refractivity contribution in [3.8, 4) is 0 Å². The molecule has 0 aromatic rings. The zero-order valence-electron chi connectivity index (χ0n) is 75.8. The quantitative estimate of drug-likeness (QED) is 0.0101. The van der Waals surface area contributed by atoms with E-state index < -0.39 is 346 Å². The Morgan fingerprint density at radius 3 is 1.64 bits per heavy atom. The lowest BCUT2D eigenvalue weighted by Gasteiger charge is -2.73. The van der Waals surface area contributed by atoms with Crippen LogP contribution >= 0.6 is 0 Å². The number of aliphatic carboxylic acids is 1. The Morgan fingerprint density at radius 2 is 1.02 bits per heavy atom. The molecule has 0 bridgehead atoms. The number of hydrogen-bond donors (Lipinski definition) is 21. The molecule has 7 unspecified atom stereocenters. The summed E-state index contributed by atoms with van der Waals surface area (Å²) in [6.07, 6.45) is -62.4. The topological polar surface area (TPSA) is 658 Å². The van der Waals surface area contributed by atoms with Gasteiger partial charge in [0.25, 0.3) is 0 Å². The van der Waals surface area contributed by atoms with Crippen LogP contribution in [0.1, 0.15) is 186 Å².